The number of nitrogens with zero attached hydrogens (tertiary/aromatic N) is 4. The van der Waals surface area contributed by atoms with Gasteiger partial charge < -0.3 is 4.90 Å². The molecular weight excluding hydrogens is 396 g/mol. The van der Waals surface area contributed by atoms with Crippen molar-refractivity contribution in [2.24, 2.45) is 9.98 Å². The SMILES string of the molecule is CC[C@H](SC1=Nc2ccccc2C2=N[C@@H](C)C(=O)N12)C(=O)N1CCc2ccccc21. The molecule has 0 fully saturated rings. The monoisotopic (exact) mass is 418 g/mol. The van der Waals surface area contributed by atoms with Gasteiger partial charge in [-0.15, -0.1) is 0 Å². The Labute approximate surface area is 179 Å². The van der Waals surface area contributed by atoms with Gasteiger partial charge in [0.05, 0.1) is 10.9 Å². The summed E-state index contributed by atoms with van der Waals surface area (Å²) in [6.45, 7) is 4.48. The third kappa shape index (κ3) is 2.96. The minimum absolute atomic E-state index is 0.0622. The zero-order valence-corrected chi connectivity index (χ0v) is 17.7. The number of amidine groups is 2. The molecule has 0 aliphatic carbocycles. The molecule has 0 N–H and O–H groups in total. The van der Waals surface area contributed by atoms with E-state index in [2.05, 4.69) is 11.1 Å². The summed E-state index contributed by atoms with van der Waals surface area (Å²) in [5.41, 5.74) is 3.83. The largest absolute Gasteiger partial charge is 0.311 e. The average molecular weight is 419 g/mol. The molecule has 30 heavy (non-hydrogen) atoms. The summed E-state index contributed by atoms with van der Waals surface area (Å²) in [7, 11) is 0. The van der Waals surface area contributed by atoms with E-state index >= 15 is 0 Å². The highest BCUT2D eigenvalue weighted by Gasteiger charge is 2.41. The molecule has 6 nitrogen and oxygen atoms in total. The van der Waals surface area contributed by atoms with E-state index in [1.165, 1.54) is 17.3 Å². The molecule has 0 saturated heterocycles. The van der Waals surface area contributed by atoms with Gasteiger partial charge in [0.1, 0.15) is 11.9 Å². The minimum atomic E-state index is -0.446. The van der Waals surface area contributed by atoms with Crippen molar-refractivity contribution in [2.75, 3.05) is 11.4 Å². The summed E-state index contributed by atoms with van der Waals surface area (Å²) < 4.78 is 0. The van der Waals surface area contributed by atoms with Crippen molar-refractivity contribution < 1.29 is 9.59 Å². The van der Waals surface area contributed by atoms with Gasteiger partial charge in [0.25, 0.3) is 5.91 Å². The number of rotatable bonds is 3. The van der Waals surface area contributed by atoms with Crippen LogP contribution in [0.5, 0.6) is 0 Å². The number of fused-ring (bicyclic) bond motifs is 4. The van der Waals surface area contributed by atoms with Gasteiger partial charge in [0.2, 0.25) is 5.91 Å². The predicted molar refractivity (Wildman–Crippen MR) is 121 cm³/mol. The number of benzene rings is 2. The molecule has 0 aromatic heterocycles. The van der Waals surface area contributed by atoms with Gasteiger partial charge in [-0.25, -0.2) is 9.89 Å². The summed E-state index contributed by atoms with van der Waals surface area (Å²) in [5, 5.41) is 0.208. The van der Waals surface area contributed by atoms with Crippen molar-refractivity contribution in [1.29, 1.82) is 0 Å². The number of hydrogen-bond acceptors (Lipinski definition) is 5. The first-order chi connectivity index (χ1) is 14.6. The van der Waals surface area contributed by atoms with Crippen molar-refractivity contribution in [1.82, 2.24) is 4.90 Å². The molecule has 3 heterocycles. The third-order valence-electron chi connectivity index (χ3n) is 5.70. The molecule has 3 aliphatic heterocycles. The number of amides is 2. The zero-order valence-electron chi connectivity index (χ0n) is 16.9. The smallest absolute Gasteiger partial charge is 0.258 e. The van der Waals surface area contributed by atoms with Crippen molar-refractivity contribution in [2.45, 2.75) is 38.0 Å². The Hall–Kier alpha value is -2.93. The molecule has 152 valence electrons. The van der Waals surface area contributed by atoms with E-state index in [0.29, 0.717) is 24.0 Å². The van der Waals surface area contributed by atoms with Crippen molar-refractivity contribution >= 4 is 46.0 Å². The van der Waals surface area contributed by atoms with Crippen LogP contribution in [0, 0.1) is 0 Å². The first-order valence-electron chi connectivity index (χ1n) is 10.2. The second kappa shape index (κ2) is 7.40. The number of para-hydroxylation sites is 2. The summed E-state index contributed by atoms with van der Waals surface area (Å²) in [6.07, 6.45) is 1.52. The molecule has 0 radical (unpaired) electrons. The van der Waals surface area contributed by atoms with Crippen molar-refractivity contribution in [3.8, 4) is 0 Å². The second-order valence-corrected chi connectivity index (χ2v) is 8.77. The quantitative estimate of drug-likeness (QED) is 0.762. The first kappa shape index (κ1) is 19.1. The molecule has 2 aromatic rings. The maximum absolute atomic E-state index is 13.4. The number of aliphatic imine (C=N–C) groups is 2. The van der Waals surface area contributed by atoms with Gasteiger partial charge in [-0.05, 0) is 43.5 Å². The van der Waals surface area contributed by atoms with Crippen LogP contribution in [0.1, 0.15) is 31.4 Å². The summed E-state index contributed by atoms with van der Waals surface area (Å²) in [5.74, 6) is 0.598. The average Bonchev–Trinajstić information content (AvgIpc) is 3.33. The third-order valence-corrected chi connectivity index (χ3v) is 7.01. The molecule has 2 aromatic carbocycles. The fourth-order valence-corrected chi connectivity index (χ4v) is 5.21. The Morgan fingerprint density at radius 2 is 1.97 bits per heavy atom. The fraction of sp³-hybridized carbons (Fsp3) is 0.304. The number of carbonyl (C=O) groups excluding carboxylic acids is 2. The van der Waals surface area contributed by atoms with Gasteiger partial charge in [-0.1, -0.05) is 49.0 Å². The number of hydrogen-bond donors (Lipinski definition) is 0. The highest BCUT2D eigenvalue weighted by Crippen LogP contribution is 2.36. The summed E-state index contributed by atoms with van der Waals surface area (Å²) in [4.78, 5) is 39.0. The van der Waals surface area contributed by atoms with Gasteiger partial charge >= 0.3 is 0 Å². The number of carbonyl (C=O) groups is 2. The molecule has 0 saturated carbocycles. The van der Waals surface area contributed by atoms with Gasteiger partial charge in [0.15, 0.2) is 5.17 Å². The summed E-state index contributed by atoms with van der Waals surface area (Å²) >= 11 is 1.36. The van der Waals surface area contributed by atoms with E-state index in [9.17, 15) is 9.59 Å². The van der Waals surface area contributed by atoms with Crippen LogP contribution in [0.15, 0.2) is 58.5 Å². The Morgan fingerprint density at radius 1 is 1.20 bits per heavy atom. The lowest BCUT2D eigenvalue weighted by atomic mass is 10.1. The molecule has 0 unspecified atom stereocenters. The van der Waals surface area contributed by atoms with Crippen LogP contribution in [0.2, 0.25) is 0 Å². The summed E-state index contributed by atoms with van der Waals surface area (Å²) in [6, 6.07) is 15.3. The van der Waals surface area contributed by atoms with Crippen LogP contribution in [-0.4, -0.2) is 45.6 Å². The van der Waals surface area contributed by atoms with E-state index < -0.39 is 6.04 Å². The molecule has 5 rings (SSSR count). The van der Waals surface area contributed by atoms with Crippen LogP contribution < -0.4 is 4.90 Å². The van der Waals surface area contributed by atoms with Gasteiger partial charge in [-0.3, -0.25) is 14.6 Å². The van der Waals surface area contributed by atoms with Crippen LogP contribution in [-0.2, 0) is 16.0 Å². The maximum Gasteiger partial charge on any atom is 0.258 e. The maximum atomic E-state index is 13.4. The number of anilines is 1. The normalized spacial score (nSPS) is 20.3. The second-order valence-electron chi connectivity index (χ2n) is 7.60. The molecule has 0 bridgehead atoms. The molecule has 2 atom stereocenters. The Kier molecular flexibility index (Phi) is 4.70. The Morgan fingerprint density at radius 3 is 2.80 bits per heavy atom. The lowest BCUT2D eigenvalue weighted by molar-refractivity contribution is -0.124. The molecule has 7 heteroatoms. The van der Waals surface area contributed by atoms with E-state index in [-0.39, 0.29) is 17.1 Å². The van der Waals surface area contributed by atoms with E-state index in [1.807, 2.05) is 54.3 Å². The highest BCUT2D eigenvalue weighted by atomic mass is 32.2. The van der Waals surface area contributed by atoms with Gasteiger partial charge in [-0.2, -0.15) is 0 Å². The number of thioether (sulfide) groups is 1. The molecule has 0 spiro atoms. The Balaban J connectivity index is 1.47. The van der Waals surface area contributed by atoms with Crippen LogP contribution in [0.3, 0.4) is 0 Å². The van der Waals surface area contributed by atoms with Crippen molar-refractivity contribution in [3.63, 3.8) is 0 Å². The fourth-order valence-electron chi connectivity index (χ4n) is 4.13. The van der Waals surface area contributed by atoms with E-state index in [0.717, 1.165) is 23.4 Å². The van der Waals surface area contributed by atoms with E-state index in [4.69, 9.17) is 4.99 Å². The standard InChI is InChI=1S/C23H22N4O2S/c1-3-19(22(29)26-13-12-15-8-4-7-11-18(15)26)30-23-25-17-10-6-5-9-16(17)20-24-14(2)21(28)27(20)23/h4-11,14,19H,3,12-13H2,1-2H3/t14-,19-/m0/s1. The van der Waals surface area contributed by atoms with Crippen LogP contribution >= 0.6 is 11.8 Å². The lowest BCUT2D eigenvalue weighted by Gasteiger charge is -2.29. The highest BCUT2D eigenvalue weighted by molar-refractivity contribution is 8.15. The zero-order chi connectivity index (χ0) is 20.8. The molecule has 3 aliphatic rings. The first-order valence-corrected chi connectivity index (χ1v) is 11.1. The predicted octanol–water partition coefficient (Wildman–Crippen LogP) is 3.77. The molecule has 2 amide bonds. The Bertz CT molecular complexity index is 1110. The topological polar surface area (TPSA) is 65.3 Å². The molecular formula is C23H22N4O2S. The minimum Gasteiger partial charge on any atom is -0.311 e. The van der Waals surface area contributed by atoms with Crippen molar-refractivity contribution in [3.05, 3.63) is 59.7 Å². The van der Waals surface area contributed by atoms with E-state index in [1.54, 1.807) is 11.8 Å². The lowest BCUT2D eigenvalue weighted by Crippen LogP contribution is -2.43. The van der Waals surface area contributed by atoms with Gasteiger partial charge in [0, 0.05) is 17.8 Å². The van der Waals surface area contributed by atoms with Crippen LogP contribution in [0.25, 0.3) is 0 Å². The van der Waals surface area contributed by atoms with Crippen LogP contribution in [0.4, 0.5) is 11.4 Å².